The summed E-state index contributed by atoms with van der Waals surface area (Å²) in [6, 6.07) is 8.29. The summed E-state index contributed by atoms with van der Waals surface area (Å²) in [5.74, 6) is 1.38. The minimum absolute atomic E-state index is 0. The Morgan fingerprint density at radius 2 is 2.07 bits per heavy atom. The molecule has 0 saturated carbocycles. The number of hydrogen-bond donors (Lipinski definition) is 2. The van der Waals surface area contributed by atoms with Crippen molar-refractivity contribution in [3.63, 3.8) is 0 Å². The molecule has 2 N–H and O–H groups in total. The van der Waals surface area contributed by atoms with Crippen LogP contribution in [0.3, 0.4) is 0 Å². The van der Waals surface area contributed by atoms with Gasteiger partial charge in [-0.3, -0.25) is 9.20 Å². The predicted molar refractivity (Wildman–Crippen MR) is 129 cm³/mol. The van der Waals surface area contributed by atoms with Gasteiger partial charge in [0.05, 0.1) is 10.7 Å². The Morgan fingerprint density at radius 1 is 1.37 bits per heavy atom. The molecular formula is C19H32ClIN4OS. The van der Waals surface area contributed by atoms with Crippen molar-refractivity contribution >= 4 is 58.0 Å². The molecule has 5 nitrogen and oxygen atoms in total. The van der Waals surface area contributed by atoms with Gasteiger partial charge >= 0.3 is 0 Å². The number of guanidine groups is 1. The molecule has 1 aliphatic heterocycles. The van der Waals surface area contributed by atoms with Gasteiger partial charge in [-0.1, -0.05) is 23.7 Å². The fourth-order valence-electron chi connectivity index (χ4n) is 2.98. The second-order valence-corrected chi connectivity index (χ2v) is 10.3. The third kappa shape index (κ3) is 7.77. The summed E-state index contributed by atoms with van der Waals surface area (Å²) < 4.78 is 12.0. The molecule has 27 heavy (non-hydrogen) atoms. The van der Waals surface area contributed by atoms with E-state index in [9.17, 15) is 4.21 Å². The van der Waals surface area contributed by atoms with Crippen molar-refractivity contribution in [2.24, 2.45) is 4.99 Å². The van der Waals surface area contributed by atoms with Gasteiger partial charge in [-0.2, -0.15) is 0 Å². The Labute approximate surface area is 188 Å². The average Bonchev–Trinajstić information content (AvgIpc) is 2.60. The van der Waals surface area contributed by atoms with Crippen LogP contribution in [-0.2, 0) is 10.8 Å². The van der Waals surface area contributed by atoms with Gasteiger partial charge < -0.3 is 15.5 Å². The average molecular weight is 527 g/mol. The highest BCUT2D eigenvalue weighted by Gasteiger charge is 2.23. The highest BCUT2D eigenvalue weighted by Crippen LogP contribution is 2.27. The lowest BCUT2D eigenvalue weighted by atomic mass is 10.0. The number of aliphatic imine (C=N–C) groups is 1. The van der Waals surface area contributed by atoms with Gasteiger partial charge in [-0.15, -0.1) is 24.0 Å². The van der Waals surface area contributed by atoms with Crippen molar-refractivity contribution in [2.75, 3.05) is 37.3 Å². The number of halogens is 2. The molecule has 1 fully saturated rings. The molecule has 2 rings (SSSR count). The molecule has 0 amide bonds. The van der Waals surface area contributed by atoms with Gasteiger partial charge in [0.25, 0.3) is 0 Å². The Bertz CT molecular complexity index is 651. The highest BCUT2D eigenvalue weighted by atomic mass is 127. The number of hydrogen-bond acceptors (Lipinski definition) is 3. The van der Waals surface area contributed by atoms with Gasteiger partial charge in [0.1, 0.15) is 0 Å². The molecule has 2 unspecified atom stereocenters. The lowest BCUT2D eigenvalue weighted by Crippen LogP contribution is -2.51. The molecule has 1 aromatic rings. The first-order chi connectivity index (χ1) is 12.3. The van der Waals surface area contributed by atoms with Crippen LogP contribution in [0.15, 0.2) is 29.3 Å². The first-order valence-electron chi connectivity index (χ1n) is 9.16. The molecule has 0 spiro atoms. The smallest absolute Gasteiger partial charge is 0.191 e. The number of nitrogens with one attached hydrogen (secondary N) is 2. The zero-order valence-electron chi connectivity index (χ0n) is 16.6. The molecule has 2 atom stereocenters. The van der Waals surface area contributed by atoms with Crippen molar-refractivity contribution in [1.29, 1.82) is 0 Å². The first-order valence-corrected chi connectivity index (χ1v) is 10.9. The van der Waals surface area contributed by atoms with Gasteiger partial charge in [0.15, 0.2) is 5.96 Å². The number of piperidine rings is 1. The third-order valence-electron chi connectivity index (χ3n) is 4.44. The normalized spacial score (nSPS) is 19.2. The van der Waals surface area contributed by atoms with Crippen molar-refractivity contribution in [1.82, 2.24) is 10.6 Å². The Kier molecular flexibility index (Phi) is 10.4. The monoisotopic (exact) mass is 526 g/mol. The summed E-state index contributed by atoms with van der Waals surface area (Å²) in [5, 5.41) is 7.57. The summed E-state index contributed by atoms with van der Waals surface area (Å²) in [5.41, 5.74) is 1.09. The van der Waals surface area contributed by atoms with Gasteiger partial charge in [-0.25, -0.2) is 0 Å². The van der Waals surface area contributed by atoms with E-state index >= 15 is 0 Å². The molecule has 1 aromatic carbocycles. The van der Waals surface area contributed by atoms with Crippen LogP contribution in [0.4, 0.5) is 5.69 Å². The van der Waals surface area contributed by atoms with E-state index < -0.39 is 10.8 Å². The van der Waals surface area contributed by atoms with Crippen molar-refractivity contribution < 1.29 is 4.21 Å². The lowest BCUT2D eigenvalue weighted by Gasteiger charge is -2.35. The quantitative estimate of drug-likeness (QED) is 0.349. The fourth-order valence-corrected chi connectivity index (χ4v) is 4.13. The van der Waals surface area contributed by atoms with E-state index in [1.54, 1.807) is 7.05 Å². The molecular weight excluding hydrogens is 495 g/mol. The summed E-state index contributed by atoms with van der Waals surface area (Å²) in [6.45, 7) is 8.55. The van der Waals surface area contributed by atoms with Crippen LogP contribution in [0.25, 0.3) is 0 Å². The maximum atomic E-state index is 12.1. The Balaban J connectivity index is 0.00000364. The lowest BCUT2D eigenvalue weighted by molar-refractivity contribution is 0.468. The summed E-state index contributed by atoms with van der Waals surface area (Å²) in [6.07, 6.45) is 2.20. The number of benzene rings is 1. The SMILES string of the molecule is CN=C(NCCS(=O)C(C)(C)C)NC1CCCN(c2ccccc2Cl)C1.I. The summed E-state index contributed by atoms with van der Waals surface area (Å²) in [7, 11) is 0.905. The van der Waals surface area contributed by atoms with E-state index in [4.69, 9.17) is 11.6 Å². The maximum Gasteiger partial charge on any atom is 0.191 e. The Hall–Kier alpha value is -0.540. The van der Waals surface area contributed by atoms with Gasteiger partial charge in [-0.05, 0) is 45.7 Å². The van der Waals surface area contributed by atoms with E-state index in [0.717, 1.165) is 42.6 Å². The first kappa shape index (κ1) is 24.5. The van der Waals surface area contributed by atoms with Crippen LogP contribution < -0.4 is 15.5 Å². The fraction of sp³-hybridized carbons (Fsp3) is 0.632. The second-order valence-electron chi connectivity index (χ2n) is 7.54. The van der Waals surface area contributed by atoms with Gasteiger partial charge in [0.2, 0.25) is 0 Å². The number of nitrogens with zero attached hydrogens (tertiary/aromatic N) is 2. The zero-order valence-corrected chi connectivity index (χ0v) is 20.5. The van der Waals surface area contributed by atoms with Gasteiger partial charge in [0, 0.05) is 54.0 Å². The molecule has 1 saturated heterocycles. The van der Waals surface area contributed by atoms with E-state index in [1.807, 2.05) is 39.0 Å². The minimum atomic E-state index is -0.864. The summed E-state index contributed by atoms with van der Waals surface area (Å²) >= 11 is 6.35. The number of anilines is 1. The van der Waals surface area contributed by atoms with E-state index in [2.05, 4.69) is 26.6 Å². The molecule has 0 aliphatic carbocycles. The van der Waals surface area contributed by atoms with E-state index in [0.29, 0.717) is 18.3 Å². The van der Waals surface area contributed by atoms with Crippen LogP contribution in [0.5, 0.6) is 0 Å². The van der Waals surface area contributed by atoms with Crippen LogP contribution in [0, 0.1) is 0 Å². The molecule has 0 bridgehead atoms. The van der Waals surface area contributed by atoms with Crippen molar-refractivity contribution in [2.45, 2.75) is 44.4 Å². The molecule has 1 aliphatic rings. The molecule has 0 aromatic heterocycles. The van der Waals surface area contributed by atoms with E-state index in [1.165, 1.54) is 0 Å². The minimum Gasteiger partial charge on any atom is -0.368 e. The van der Waals surface area contributed by atoms with Crippen LogP contribution >= 0.6 is 35.6 Å². The summed E-state index contributed by atoms with van der Waals surface area (Å²) in [4.78, 5) is 6.63. The predicted octanol–water partition coefficient (Wildman–Crippen LogP) is 3.64. The maximum absolute atomic E-state index is 12.1. The zero-order chi connectivity index (χ0) is 19.2. The number of rotatable bonds is 5. The third-order valence-corrected chi connectivity index (χ3v) is 6.70. The molecule has 0 radical (unpaired) electrons. The van der Waals surface area contributed by atoms with Crippen LogP contribution in [0.2, 0.25) is 5.02 Å². The van der Waals surface area contributed by atoms with Crippen molar-refractivity contribution in [3.05, 3.63) is 29.3 Å². The molecule has 8 heteroatoms. The van der Waals surface area contributed by atoms with Crippen molar-refractivity contribution in [3.8, 4) is 0 Å². The Morgan fingerprint density at radius 3 is 2.70 bits per heavy atom. The number of para-hydroxylation sites is 1. The topological polar surface area (TPSA) is 56.7 Å². The van der Waals surface area contributed by atoms with Crippen LogP contribution in [-0.4, -0.2) is 53.4 Å². The second kappa shape index (κ2) is 11.5. The van der Waals surface area contributed by atoms with E-state index in [-0.39, 0.29) is 28.7 Å². The standard InChI is InChI=1S/C19H31ClN4OS.HI/c1-19(2,3)26(25)13-11-22-18(21-4)23-15-8-7-12-24(14-15)17-10-6-5-9-16(17)20;/h5-6,9-10,15H,7-8,11-14H2,1-4H3,(H2,21,22,23);1H. The molecule has 154 valence electrons. The van der Waals surface area contributed by atoms with Crippen LogP contribution in [0.1, 0.15) is 33.6 Å². The highest BCUT2D eigenvalue weighted by molar-refractivity contribution is 14.0. The largest absolute Gasteiger partial charge is 0.368 e. The molecule has 1 heterocycles.